The number of sulfonamides is 2. The lowest BCUT2D eigenvalue weighted by Gasteiger charge is -2.09. The average Bonchev–Trinajstić information content (AvgIpc) is 2.61. The number of carbonyl (C=O) groups is 1. The van der Waals surface area contributed by atoms with Gasteiger partial charge in [-0.3, -0.25) is 5.32 Å². The first kappa shape index (κ1) is 21.6. The predicted octanol–water partition coefficient (Wildman–Crippen LogP) is 0.410. The number of hydrogen-bond acceptors (Lipinski definition) is 6. The van der Waals surface area contributed by atoms with Crippen molar-refractivity contribution in [1.82, 2.24) is 10.0 Å². The summed E-state index contributed by atoms with van der Waals surface area (Å²) >= 11 is 0. The molecule has 0 aromatic heterocycles. The zero-order valence-electron chi connectivity index (χ0n) is 14.3. The van der Waals surface area contributed by atoms with Crippen LogP contribution in [-0.2, 0) is 20.0 Å². The monoisotopic (exact) mass is 440 g/mol. The van der Waals surface area contributed by atoms with Crippen molar-refractivity contribution in [3.63, 3.8) is 0 Å². The van der Waals surface area contributed by atoms with Crippen LogP contribution in [0.25, 0.3) is 0 Å². The van der Waals surface area contributed by atoms with Crippen LogP contribution in [0.5, 0.6) is 0 Å². The predicted molar refractivity (Wildman–Crippen MR) is 99.7 cm³/mol. The molecule has 0 heterocycles. The van der Waals surface area contributed by atoms with Crippen LogP contribution in [0.1, 0.15) is 0 Å². The number of rotatable bonds is 5. The number of nitrogens with two attached hydrogens (primary N) is 1. The van der Waals surface area contributed by atoms with Gasteiger partial charge in [0.1, 0.15) is 5.82 Å². The quantitative estimate of drug-likeness (QED) is 0.223. The van der Waals surface area contributed by atoms with Crippen LogP contribution >= 0.6 is 0 Å². The van der Waals surface area contributed by atoms with Crippen molar-refractivity contribution in [2.45, 2.75) is 9.79 Å². The molecule has 0 fully saturated rings. The number of nitrogens with zero attached hydrogens (tertiary/aromatic N) is 2. The summed E-state index contributed by atoms with van der Waals surface area (Å²) in [4.78, 5) is 11.3. The van der Waals surface area contributed by atoms with E-state index in [-0.39, 0.29) is 15.5 Å². The highest BCUT2D eigenvalue weighted by atomic mass is 32.2. The number of nitriles is 1. The normalized spacial score (nSPS) is 11.9. The fourth-order valence-electron chi connectivity index (χ4n) is 1.92. The summed E-state index contributed by atoms with van der Waals surface area (Å²) in [6, 6.07) is 7.23. The van der Waals surface area contributed by atoms with Gasteiger partial charge in [-0.05, 0) is 48.5 Å². The Labute approximate surface area is 165 Å². The summed E-state index contributed by atoms with van der Waals surface area (Å²) < 4.78 is 65.9. The van der Waals surface area contributed by atoms with Gasteiger partial charge in [-0.15, -0.1) is 4.40 Å². The molecule has 0 unspecified atom stereocenters. The standard InChI is InChI=1S/C15H13FN6O5S2/c16-10-1-5-12(6-2-10)29(26,27)22-15(23)20-11-3-7-13(8-4-11)28(24,25)21-14(18)19-9-17/h1-8H,(H3,18,19,21)(H2,20,22,23). The van der Waals surface area contributed by atoms with Crippen molar-refractivity contribution in [2.75, 3.05) is 5.32 Å². The van der Waals surface area contributed by atoms with Gasteiger partial charge in [0.2, 0.25) is 5.96 Å². The summed E-state index contributed by atoms with van der Waals surface area (Å²) in [5, 5.41) is 12.4. The van der Waals surface area contributed by atoms with Gasteiger partial charge < -0.3 is 11.1 Å². The summed E-state index contributed by atoms with van der Waals surface area (Å²) in [5.41, 5.74) is 5.28. The molecule has 2 aromatic rings. The molecule has 2 rings (SSSR count). The average molecular weight is 440 g/mol. The fraction of sp³-hybridized carbons (Fsp3) is 0. The third-order valence-electron chi connectivity index (χ3n) is 3.16. The van der Waals surface area contributed by atoms with E-state index in [4.69, 9.17) is 11.0 Å². The van der Waals surface area contributed by atoms with Gasteiger partial charge in [-0.25, -0.2) is 22.3 Å². The number of guanidine groups is 1. The van der Waals surface area contributed by atoms with Crippen LogP contribution in [0, 0.1) is 17.3 Å². The topological polar surface area (TPSA) is 184 Å². The Morgan fingerprint density at radius 2 is 1.55 bits per heavy atom. The Morgan fingerprint density at radius 3 is 2.10 bits per heavy atom. The maximum atomic E-state index is 12.9. The number of amides is 2. The zero-order valence-corrected chi connectivity index (χ0v) is 16.0. The molecule has 0 aliphatic carbocycles. The smallest absolute Gasteiger partial charge is 0.333 e. The Morgan fingerprint density at radius 1 is 1.00 bits per heavy atom. The van der Waals surface area contributed by atoms with Gasteiger partial charge in [-0.2, -0.15) is 13.7 Å². The fourth-order valence-corrected chi connectivity index (χ4v) is 3.72. The number of hydrogen-bond donors (Lipinski definition) is 4. The second-order valence-electron chi connectivity index (χ2n) is 5.23. The van der Waals surface area contributed by atoms with Crippen LogP contribution in [0.2, 0.25) is 0 Å². The molecule has 0 bridgehead atoms. The Bertz CT molecular complexity index is 1190. The molecule has 0 spiro atoms. The molecule has 11 nitrogen and oxygen atoms in total. The van der Waals surface area contributed by atoms with Crippen LogP contribution in [0.4, 0.5) is 14.9 Å². The lowest BCUT2D eigenvalue weighted by atomic mass is 10.3. The van der Waals surface area contributed by atoms with Crippen molar-refractivity contribution in [1.29, 1.82) is 5.26 Å². The first-order chi connectivity index (χ1) is 13.5. The molecule has 0 aliphatic heterocycles. The van der Waals surface area contributed by atoms with E-state index < -0.39 is 37.9 Å². The number of carbonyl (C=O) groups excluding carboxylic acids is 1. The van der Waals surface area contributed by atoms with Gasteiger partial charge in [0.15, 0.2) is 6.19 Å². The summed E-state index contributed by atoms with van der Waals surface area (Å²) in [6.07, 6.45) is 1.41. The molecule has 29 heavy (non-hydrogen) atoms. The maximum absolute atomic E-state index is 12.9. The lowest BCUT2D eigenvalue weighted by Crippen LogP contribution is -2.34. The minimum Gasteiger partial charge on any atom is -0.368 e. The molecule has 0 radical (unpaired) electrons. The first-order valence-electron chi connectivity index (χ1n) is 7.48. The number of benzene rings is 2. The van der Waals surface area contributed by atoms with Crippen LogP contribution in [0.15, 0.2) is 62.7 Å². The van der Waals surface area contributed by atoms with E-state index in [1.807, 2.05) is 5.32 Å². The molecule has 0 aliphatic rings. The Kier molecular flexibility index (Phi) is 6.36. The lowest BCUT2D eigenvalue weighted by molar-refractivity contribution is 0.256. The van der Waals surface area contributed by atoms with Crippen molar-refractivity contribution in [3.05, 3.63) is 54.3 Å². The molecule has 2 amide bonds. The van der Waals surface area contributed by atoms with E-state index in [1.54, 1.807) is 4.72 Å². The molecule has 152 valence electrons. The van der Waals surface area contributed by atoms with E-state index in [9.17, 15) is 26.0 Å². The third-order valence-corrected chi connectivity index (χ3v) is 5.82. The summed E-state index contributed by atoms with van der Waals surface area (Å²) in [5.74, 6) is -1.27. The van der Waals surface area contributed by atoms with E-state index in [0.29, 0.717) is 0 Å². The molecule has 0 saturated heterocycles. The SMILES string of the molecule is N#CN/C(N)=N/S(=O)(=O)c1ccc(NC(=O)NS(=O)(=O)c2ccc(F)cc2)cc1. The zero-order chi connectivity index (χ0) is 21.7. The molecule has 0 atom stereocenters. The second-order valence-corrected chi connectivity index (χ2v) is 8.51. The van der Waals surface area contributed by atoms with Crippen molar-refractivity contribution in [2.24, 2.45) is 10.1 Å². The molecule has 2 aromatic carbocycles. The largest absolute Gasteiger partial charge is 0.368 e. The van der Waals surface area contributed by atoms with E-state index >= 15 is 0 Å². The minimum absolute atomic E-state index is 0.0721. The highest BCUT2D eigenvalue weighted by Crippen LogP contribution is 2.16. The number of nitrogens with one attached hydrogen (secondary N) is 3. The van der Waals surface area contributed by atoms with Crippen molar-refractivity contribution < 1.29 is 26.0 Å². The van der Waals surface area contributed by atoms with Crippen molar-refractivity contribution >= 4 is 37.7 Å². The Balaban J connectivity index is 2.09. The van der Waals surface area contributed by atoms with Gasteiger partial charge in [0.25, 0.3) is 20.0 Å². The highest BCUT2D eigenvalue weighted by molar-refractivity contribution is 7.90. The first-order valence-corrected chi connectivity index (χ1v) is 10.4. The van der Waals surface area contributed by atoms with E-state index in [2.05, 4.69) is 9.71 Å². The molecule has 5 N–H and O–H groups in total. The summed E-state index contributed by atoms with van der Waals surface area (Å²) in [6.45, 7) is 0. The Hall–Kier alpha value is -3.70. The van der Waals surface area contributed by atoms with Gasteiger partial charge in [0, 0.05) is 5.69 Å². The maximum Gasteiger partial charge on any atom is 0.333 e. The van der Waals surface area contributed by atoms with Crippen LogP contribution in [-0.4, -0.2) is 28.8 Å². The van der Waals surface area contributed by atoms with Crippen molar-refractivity contribution in [3.8, 4) is 6.19 Å². The molecule has 14 heteroatoms. The van der Waals surface area contributed by atoms with Gasteiger partial charge >= 0.3 is 6.03 Å². The molecular formula is C15H13FN6O5S2. The molecular weight excluding hydrogens is 427 g/mol. The molecule has 0 saturated carbocycles. The summed E-state index contributed by atoms with van der Waals surface area (Å²) in [7, 11) is -8.44. The second kappa shape index (κ2) is 8.54. The van der Waals surface area contributed by atoms with Gasteiger partial charge in [-0.1, -0.05) is 0 Å². The van der Waals surface area contributed by atoms with Gasteiger partial charge in [0.05, 0.1) is 9.79 Å². The number of halogens is 1. The van der Waals surface area contributed by atoms with Crippen LogP contribution in [0.3, 0.4) is 0 Å². The number of urea groups is 1. The minimum atomic E-state index is -4.24. The van der Waals surface area contributed by atoms with E-state index in [0.717, 1.165) is 36.4 Å². The highest BCUT2D eigenvalue weighted by Gasteiger charge is 2.18. The van der Waals surface area contributed by atoms with Crippen LogP contribution < -0.4 is 21.1 Å². The van der Waals surface area contributed by atoms with E-state index in [1.165, 1.54) is 18.3 Å². The number of anilines is 1. The third kappa shape index (κ3) is 5.89.